The average molecular weight is 317 g/mol. The Morgan fingerprint density at radius 1 is 1.32 bits per heavy atom. The highest BCUT2D eigenvalue weighted by molar-refractivity contribution is 7.13. The molecule has 0 saturated heterocycles. The van der Waals surface area contributed by atoms with Crippen LogP contribution < -0.4 is 5.32 Å². The topological polar surface area (TPSA) is 45.2 Å². The van der Waals surface area contributed by atoms with Crippen LogP contribution in [-0.4, -0.2) is 43.0 Å². The summed E-state index contributed by atoms with van der Waals surface area (Å²) in [5, 5.41) is 6.00. The summed E-state index contributed by atoms with van der Waals surface area (Å²) in [6.07, 6.45) is 1.40. The van der Waals surface area contributed by atoms with E-state index in [0.29, 0.717) is 13.0 Å². The number of aromatic nitrogens is 1. The maximum absolute atomic E-state index is 12.1. The van der Waals surface area contributed by atoms with Crippen molar-refractivity contribution in [3.63, 3.8) is 0 Å². The second-order valence-corrected chi connectivity index (χ2v) is 6.15. The maximum Gasteiger partial charge on any atom is 0.228 e. The smallest absolute Gasteiger partial charge is 0.228 e. The van der Waals surface area contributed by atoms with Crippen molar-refractivity contribution in [1.29, 1.82) is 0 Å². The number of carbonyl (C=O) groups is 1. The summed E-state index contributed by atoms with van der Waals surface area (Å²) in [5.41, 5.74) is 3.28. The van der Waals surface area contributed by atoms with Crippen LogP contribution in [-0.2, 0) is 17.6 Å². The number of thiazole rings is 1. The number of hydrogen-bond acceptors (Lipinski definition) is 4. The average Bonchev–Trinajstić information content (AvgIpc) is 3.01. The van der Waals surface area contributed by atoms with Crippen LogP contribution in [0.15, 0.2) is 29.6 Å². The van der Waals surface area contributed by atoms with Gasteiger partial charge in [0.25, 0.3) is 0 Å². The molecule has 0 bridgehead atoms. The number of hydrogen-bond donors (Lipinski definition) is 1. The Hall–Kier alpha value is -1.72. The Labute approximate surface area is 136 Å². The van der Waals surface area contributed by atoms with Crippen molar-refractivity contribution >= 4 is 17.2 Å². The van der Waals surface area contributed by atoms with Crippen molar-refractivity contribution in [1.82, 2.24) is 15.2 Å². The van der Waals surface area contributed by atoms with Gasteiger partial charge in [-0.1, -0.05) is 31.2 Å². The summed E-state index contributed by atoms with van der Waals surface area (Å²) < 4.78 is 0. The van der Waals surface area contributed by atoms with Crippen LogP contribution in [0.5, 0.6) is 0 Å². The van der Waals surface area contributed by atoms with Crippen molar-refractivity contribution in [3.8, 4) is 10.6 Å². The second-order valence-electron chi connectivity index (χ2n) is 5.29. The van der Waals surface area contributed by atoms with Gasteiger partial charge in [-0.15, -0.1) is 11.3 Å². The predicted octanol–water partition coefficient (Wildman–Crippen LogP) is 2.59. The van der Waals surface area contributed by atoms with Crippen molar-refractivity contribution in [2.24, 2.45) is 0 Å². The lowest BCUT2D eigenvalue weighted by atomic mass is 10.1. The number of benzene rings is 1. The third-order valence-electron chi connectivity index (χ3n) is 3.62. The third kappa shape index (κ3) is 4.39. The molecule has 1 amide bonds. The van der Waals surface area contributed by atoms with Crippen LogP contribution in [0.1, 0.15) is 18.2 Å². The minimum Gasteiger partial charge on any atom is -0.344 e. The van der Waals surface area contributed by atoms with Crippen molar-refractivity contribution in [2.75, 3.05) is 27.2 Å². The molecular weight excluding hydrogens is 294 g/mol. The Morgan fingerprint density at radius 2 is 2.05 bits per heavy atom. The molecule has 1 aromatic heterocycles. The van der Waals surface area contributed by atoms with E-state index in [1.54, 1.807) is 16.2 Å². The first-order valence-electron chi connectivity index (χ1n) is 7.56. The summed E-state index contributed by atoms with van der Waals surface area (Å²) in [7, 11) is 3.71. The minimum atomic E-state index is 0.105. The van der Waals surface area contributed by atoms with E-state index in [1.807, 2.05) is 19.5 Å². The fourth-order valence-electron chi connectivity index (χ4n) is 2.10. The molecule has 22 heavy (non-hydrogen) atoms. The molecular formula is C17H23N3OS. The monoisotopic (exact) mass is 317 g/mol. The standard InChI is InChI=1S/C17H23N3OS/c1-4-13-5-7-14(8-6-13)17-19-15(12-22-17)11-16(21)20(3)10-9-18-2/h5-8,12,18H,4,9-11H2,1-3H3. The SMILES string of the molecule is CCc1ccc(-c2nc(CC(=O)N(C)CCNC)cs2)cc1. The van der Waals surface area contributed by atoms with E-state index >= 15 is 0 Å². The fourth-order valence-corrected chi connectivity index (χ4v) is 2.92. The molecule has 5 heteroatoms. The van der Waals surface area contributed by atoms with E-state index < -0.39 is 0 Å². The van der Waals surface area contributed by atoms with E-state index in [0.717, 1.165) is 29.2 Å². The van der Waals surface area contributed by atoms with E-state index in [9.17, 15) is 4.79 Å². The summed E-state index contributed by atoms with van der Waals surface area (Å²) >= 11 is 1.59. The van der Waals surface area contributed by atoms with Gasteiger partial charge in [-0.05, 0) is 19.0 Å². The molecule has 0 saturated carbocycles. The van der Waals surface area contributed by atoms with Crippen LogP contribution in [0.3, 0.4) is 0 Å². The highest BCUT2D eigenvalue weighted by Crippen LogP contribution is 2.24. The molecule has 1 aromatic carbocycles. The van der Waals surface area contributed by atoms with Gasteiger partial charge in [0.1, 0.15) is 5.01 Å². The van der Waals surface area contributed by atoms with Gasteiger partial charge >= 0.3 is 0 Å². The number of aryl methyl sites for hydroxylation is 1. The largest absolute Gasteiger partial charge is 0.344 e. The normalized spacial score (nSPS) is 10.7. The molecule has 0 aliphatic heterocycles. The summed E-state index contributed by atoms with van der Waals surface area (Å²) in [4.78, 5) is 18.4. The van der Waals surface area contributed by atoms with Crippen LogP contribution in [0.2, 0.25) is 0 Å². The zero-order valence-electron chi connectivity index (χ0n) is 13.4. The molecule has 4 nitrogen and oxygen atoms in total. The van der Waals surface area contributed by atoms with E-state index in [-0.39, 0.29) is 5.91 Å². The molecule has 0 radical (unpaired) electrons. The second kappa shape index (κ2) is 8.06. The predicted molar refractivity (Wildman–Crippen MR) is 92.2 cm³/mol. The number of carbonyl (C=O) groups excluding carboxylic acids is 1. The molecule has 118 valence electrons. The maximum atomic E-state index is 12.1. The molecule has 0 unspecified atom stereocenters. The zero-order chi connectivity index (χ0) is 15.9. The molecule has 0 fully saturated rings. The first-order valence-corrected chi connectivity index (χ1v) is 8.44. The molecule has 2 aromatic rings. The molecule has 0 spiro atoms. The highest BCUT2D eigenvalue weighted by Gasteiger charge is 2.12. The molecule has 1 heterocycles. The molecule has 2 rings (SSSR count). The fraction of sp³-hybridized carbons (Fsp3) is 0.412. The first-order chi connectivity index (χ1) is 10.6. The van der Waals surface area contributed by atoms with Gasteiger partial charge in [0.2, 0.25) is 5.91 Å². The molecule has 1 N–H and O–H groups in total. The van der Waals surface area contributed by atoms with Gasteiger partial charge < -0.3 is 10.2 Å². The summed E-state index contributed by atoms with van der Waals surface area (Å²) in [5.74, 6) is 0.105. The minimum absolute atomic E-state index is 0.105. The molecule has 0 atom stereocenters. The summed E-state index contributed by atoms with van der Waals surface area (Å²) in [6, 6.07) is 8.46. The van der Waals surface area contributed by atoms with Gasteiger partial charge in [0.15, 0.2) is 0 Å². The zero-order valence-corrected chi connectivity index (χ0v) is 14.2. The summed E-state index contributed by atoms with van der Waals surface area (Å²) in [6.45, 7) is 3.66. The van der Waals surface area contributed by atoms with E-state index in [1.165, 1.54) is 5.56 Å². The molecule has 0 aliphatic carbocycles. The number of rotatable bonds is 7. The van der Waals surface area contributed by atoms with Crippen molar-refractivity contribution in [3.05, 3.63) is 40.9 Å². The Morgan fingerprint density at radius 3 is 2.68 bits per heavy atom. The Balaban J connectivity index is 2.00. The lowest BCUT2D eigenvalue weighted by molar-refractivity contribution is -0.129. The van der Waals surface area contributed by atoms with E-state index in [4.69, 9.17) is 0 Å². The van der Waals surface area contributed by atoms with Gasteiger partial charge in [-0.25, -0.2) is 4.98 Å². The van der Waals surface area contributed by atoms with E-state index in [2.05, 4.69) is 41.5 Å². The highest BCUT2D eigenvalue weighted by atomic mass is 32.1. The van der Waals surface area contributed by atoms with Crippen molar-refractivity contribution < 1.29 is 4.79 Å². The first kappa shape index (κ1) is 16.6. The van der Waals surface area contributed by atoms with Crippen LogP contribution in [0.25, 0.3) is 10.6 Å². The van der Waals surface area contributed by atoms with Gasteiger partial charge in [-0.3, -0.25) is 4.79 Å². The Kier molecular flexibility index (Phi) is 6.10. The van der Waals surface area contributed by atoms with Crippen LogP contribution in [0, 0.1) is 0 Å². The third-order valence-corrected chi connectivity index (χ3v) is 4.56. The van der Waals surface area contributed by atoms with Crippen LogP contribution >= 0.6 is 11.3 Å². The molecule has 0 aliphatic rings. The van der Waals surface area contributed by atoms with Gasteiger partial charge in [0.05, 0.1) is 12.1 Å². The number of nitrogens with zero attached hydrogens (tertiary/aromatic N) is 2. The van der Waals surface area contributed by atoms with Crippen LogP contribution in [0.4, 0.5) is 0 Å². The number of amides is 1. The number of nitrogens with one attached hydrogen (secondary N) is 1. The Bertz CT molecular complexity index is 607. The van der Waals surface area contributed by atoms with Gasteiger partial charge in [-0.2, -0.15) is 0 Å². The lowest BCUT2D eigenvalue weighted by Gasteiger charge is -2.16. The van der Waals surface area contributed by atoms with Crippen molar-refractivity contribution in [2.45, 2.75) is 19.8 Å². The quantitative estimate of drug-likeness (QED) is 0.854. The number of likely N-dealkylation sites (N-methyl/N-ethyl adjacent to an activating group) is 2. The lowest BCUT2D eigenvalue weighted by Crippen LogP contribution is -2.33. The van der Waals surface area contributed by atoms with Gasteiger partial charge in [0, 0.05) is 31.1 Å².